The Labute approximate surface area is 151 Å². The summed E-state index contributed by atoms with van der Waals surface area (Å²) >= 11 is 4.95. The molecule has 6 nitrogen and oxygen atoms in total. The number of aromatic nitrogens is 5. The van der Waals surface area contributed by atoms with E-state index in [0.717, 1.165) is 31.8 Å². The van der Waals surface area contributed by atoms with Crippen molar-refractivity contribution in [2.75, 3.05) is 4.72 Å². The minimum atomic E-state index is 0.768. The first kappa shape index (κ1) is 15.2. The number of benzene rings is 1. The summed E-state index contributed by atoms with van der Waals surface area (Å²) < 4.78 is 7.97. The van der Waals surface area contributed by atoms with E-state index >= 15 is 0 Å². The van der Waals surface area contributed by atoms with Crippen LogP contribution in [0.25, 0.3) is 16.7 Å². The highest BCUT2D eigenvalue weighted by Crippen LogP contribution is 2.27. The zero-order chi connectivity index (χ0) is 16.5. The SMILES string of the molecule is Cn1ncc2cccc(NSc3cnn(-c4cc(Br)ccn4)c3)c21. The summed E-state index contributed by atoms with van der Waals surface area (Å²) in [6, 6.07) is 9.91. The number of para-hydroxylation sites is 1. The molecule has 0 unspecified atom stereocenters. The average Bonchev–Trinajstić information content (AvgIpc) is 3.21. The molecule has 0 aliphatic rings. The second kappa shape index (κ2) is 6.29. The predicted octanol–water partition coefficient (Wildman–Crippen LogP) is 4.04. The van der Waals surface area contributed by atoms with E-state index in [0.29, 0.717) is 0 Å². The summed E-state index contributed by atoms with van der Waals surface area (Å²) in [5, 5.41) is 9.77. The molecule has 0 bridgehead atoms. The van der Waals surface area contributed by atoms with Crippen molar-refractivity contribution >= 4 is 44.5 Å². The lowest BCUT2D eigenvalue weighted by Gasteiger charge is -2.06. The van der Waals surface area contributed by atoms with Crippen LogP contribution >= 0.6 is 27.9 Å². The summed E-state index contributed by atoms with van der Waals surface area (Å²) in [7, 11) is 1.94. The molecule has 0 spiro atoms. The van der Waals surface area contributed by atoms with Crippen LogP contribution in [0.15, 0.2) is 64.5 Å². The molecule has 3 heterocycles. The van der Waals surface area contributed by atoms with Crippen LogP contribution in [-0.4, -0.2) is 24.5 Å². The standard InChI is InChI=1S/C16H13BrN6S/c1-22-16-11(8-19-22)3-2-4-14(16)21-24-13-9-20-23(10-13)15-7-12(17)5-6-18-15/h2-10,21H,1H3. The maximum atomic E-state index is 4.36. The van der Waals surface area contributed by atoms with Gasteiger partial charge in [0.25, 0.3) is 0 Å². The van der Waals surface area contributed by atoms with Gasteiger partial charge in [-0.1, -0.05) is 28.1 Å². The van der Waals surface area contributed by atoms with Gasteiger partial charge in [-0.05, 0) is 30.1 Å². The van der Waals surface area contributed by atoms with Crippen LogP contribution in [0.4, 0.5) is 5.69 Å². The lowest BCUT2D eigenvalue weighted by Crippen LogP contribution is -1.96. The summed E-state index contributed by atoms with van der Waals surface area (Å²) in [5.41, 5.74) is 2.09. The van der Waals surface area contributed by atoms with E-state index in [2.05, 4.69) is 41.9 Å². The van der Waals surface area contributed by atoms with E-state index in [-0.39, 0.29) is 0 Å². The smallest absolute Gasteiger partial charge is 0.154 e. The highest BCUT2D eigenvalue weighted by atomic mass is 79.9. The molecule has 0 atom stereocenters. The molecule has 24 heavy (non-hydrogen) atoms. The van der Waals surface area contributed by atoms with Gasteiger partial charge < -0.3 is 4.72 Å². The highest BCUT2D eigenvalue weighted by Gasteiger charge is 2.07. The Morgan fingerprint density at radius 2 is 2.08 bits per heavy atom. The Balaban J connectivity index is 1.55. The Morgan fingerprint density at radius 1 is 1.17 bits per heavy atom. The van der Waals surface area contributed by atoms with E-state index in [1.165, 1.54) is 11.9 Å². The zero-order valence-corrected chi connectivity index (χ0v) is 15.1. The number of pyridine rings is 1. The van der Waals surface area contributed by atoms with Crippen molar-refractivity contribution in [3.05, 3.63) is 59.6 Å². The summed E-state index contributed by atoms with van der Waals surface area (Å²) in [5.74, 6) is 0.768. The van der Waals surface area contributed by atoms with Crippen molar-refractivity contribution in [2.24, 2.45) is 7.05 Å². The van der Waals surface area contributed by atoms with Gasteiger partial charge in [-0.25, -0.2) is 9.67 Å². The topological polar surface area (TPSA) is 60.6 Å². The Bertz CT molecular complexity index is 1010. The Kier molecular flexibility index (Phi) is 3.99. The first-order chi connectivity index (χ1) is 11.7. The fourth-order valence-electron chi connectivity index (χ4n) is 2.43. The van der Waals surface area contributed by atoms with Gasteiger partial charge in [0, 0.05) is 29.3 Å². The van der Waals surface area contributed by atoms with Crippen LogP contribution in [0.1, 0.15) is 0 Å². The van der Waals surface area contributed by atoms with E-state index < -0.39 is 0 Å². The van der Waals surface area contributed by atoms with Gasteiger partial charge in [0.1, 0.15) is 0 Å². The van der Waals surface area contributed by atoms with Crippen molar-refractivity contribution in [3.8, 4) is 5.82 Å². The number of aryl methyl sites for hydroxylation is 1. The number of fused-ring (bicyclic) bond motifs is 1. The van der Waals surface area contributed by atoms with Gasteiger partial charge in [-0.2, -0.15) is 10.2 Å². The third kappa shape index (κ3) is 2.90. The molecule has 3 aromatic heterocycles. The van der Waals surface area contributed by atoms with Crippen LogP contribution < -0.4 is 4.72 Å². The monoisotopic (exact) mass is 400 g/mol. The first-order valence-corrected chi connectivity index (χ1v) is 8.82. The van der Waals surface area contributed by atoms with Crippen LogP contribution in [0, 0.1) is 0 Å². The number of nitrogens with zero attached hydrogens (tertiary/aromatic N) is 5. The molecule has 0 amide bonds. The fraction of sp³-hybridized carbons (Fsp3) is 0.0625. The van der Waals surface area contributed by atoms with Crippen molar-refractivity contribution in [2.45, 2.75) is 4.90 Å². The number of hydrogen-bond donors (Lipinski definition) is 1. The maximum Gasteiger partial charge on any atom is 0.154 e. The lowest BCUT2D eigenvalue weighted by molar-refractivity contribution is 0.798. The molecular weight excluding hydrogens is 388 g/mol. The zero-order valence-electron chi connectivity index (χ0n) is 12.7. The van der Waals surface area contributed by atoms with Crippen LogP contribution in [0.2, 0.25) is 0 Å². The van der Waals surface area contributed by atoms with Crippen LogP contribution in [0.3, 0.4) is 0 Å². The average molecular weight is 401 g/mol. The second-order valence-electron chi connectivity index (χ2n) is 5.17. The molecule has 0 aliphatic carbocycles. The molecule has 8 heteroatoms. The highest BCUT2D eigenvalue weighted by molar-refractivity contribution is 9.10. The van der Waals surface area contributed by atoms with Gasteiger partial charge in [0.05, 0.1) is 28.5 Å². The number of halogens is 1. The number of nitrogens with one attached hydrogen (secondary N) is 1. The minimum Gasteiger partial charge on any atom is -0.324 e. The normalized spacial score (nSPS) is 11.1. The molecule has 120 valence electrons. The minimum absolute atomic E-state index is 0.768. The van der Waals surface area contributed by atoms with E-state index in [4.69, 9.17) is 0 Å². The molecule has 4 rings (SSSR count). The lowest BCUT2D eigenvalue weighted by atomic mass is 10.2. The van der Waals surface area contributed by atoms with Crippen molar-refractivity contribution < 1.29 is 0 Å². The molecule has 0 saturated carbocycles. The second-order valence-corrected chi connectivity index (χ2v) is 6.96. The van der Waals surface area contributed by atoms with E-state index in [9.17, 15) is 0 Å². The van der Waals surface area contributed by atoms with Gasteiger partial charge in [-0.15, -0.1) is 0 Å². The molecule has 4 aromatic rings. The van der Waals surface area contributed by atoms with Crippen molar-refractivity contribution in [1.29, 1.82) is 0 Å². The summed E-state index contributed by atoms with van der Waals surface area (Å²) in [6.07, 6.45) is 7.36. The Morgan fingerprint density at radius 3 is 2.96 bits per heavy atom. The first-order valence-electron chi connectivity index (χ1n) is 7.21. The van der Waals surface area contributed by atoms with Gasteiger partial charge in [-0.3, -0.25) is 4.68 Å². The molecule has 0 fully saturated rings. The van der Waals surface area contributed by atoms with E-state index in [1.54, 1.807) is 10.9 Å². The predicted molar refractivity (Wildman–Crippen MR) is 99.3 cm³/mol. The summed E-state index contributed by atoms with van der Waals surface area (Å²) in [6.45, 7) is 0. The number of rotatable bonds is 4. The molecule has 1 N–H and O–H groups in total. The third-order valence-electron chi connectivity index (χ3n) is 3.54. The third-order valence-corrected chi connectivity index (χ3v) is 4.80. The van der Waals surface area contributed by atoms with E-state index in [1.807, 2.05) is 54.6 Å². The molecule has 0 aliphatic heterocycles. The molecule has 0 saturated heterocycles. The van der Waals surface area contributed by atoms with Crippen LogP contribution in [0.5, 0.6) is 0 Å². The van der Waals surface area contributed by atoms with Gasteiger partial charge in [0.2, 0.25) is 0 Å². The van der Waals surface area contributed by atoms with Crippen molar-refractivity contribution in [1.82, 2.24) is 24.5 Å². The van der Waals surface area contributed by atoms with Crippen LogP contribution in [-0.2, 0) is 7.05 Å². The van der Waals surface area contributed by atoms with Gasteiger partial charge in [0.15, 0.2) is 5.82 Å². The number of hydrogen-bond acceptors (Lipinski definition) is 5. The van der Waals surface area contributed by atoms with Crippen molar-refractivity contribution in [3.63, 3.8) is 0 Å². The fourth-order valence-corrected chi connectivity index (χ4v) is 3.40. The quantitative estimate of drug-likeness (QED) is 0.523. The van der Waals surface area contributed by atoms with Gasteiger partial charge >= 0.3 is 0 Å². The molecular formula is C16H13BrN6S. The largest absolute Gasteiger partial charge is 0.324 e. The molecule has 1 aromatic carbocycles. The summed E-state index contributed by atoms with van der Waals surface area (Å²) in [4.78, 5) is 5.31. The molecule has 0 radical (unpaired) electrons. The number of anilines is 1. The Hall–Kier alpha value is -2.32. The maximum absolute atomic E-state index is 4.36.